The van der Waals surface area contributed by atoms with Gasteiger partial charge in [0.2, 0.25) is 0 Å². The van der Waals surface area contributed by atoms with Gasteiger partial charge >= 0.3 is 12.1 Å². The third-order valence-corrected chi connectivity index (χ3v) is 2.62. The Bertz CT molecular complexity index is 616. The molecule has 3 N–H and O–H groups in total. The van der Waals surface area contributed by atoms with E-state index in [0.717, 1.165) is 0 Å². The van der Waals surface area contributed by atoms with Crippen LogP contribution in [0, 0.1) is 0 Å². The molecule has 0 heterocycles. The summed E-state index contributed by atoms with van der Waals surface area (Å²) in [6, 6.07) is 2.74. The van der Waals surface area contributed by atoms with Crippen LogP contribution in [0.25, 0.3) is 0 Å². The van der Waals surface area contributed by atoms with E-state index in [9.17, 15) is 9.59 Å². The lowest BCUT2D eigenvalue weighted by Crippen LogP contribution is -2.42. The van der Waals surface area contributed by atoms with Gasteiger partial charge in [-0.3, -0.25) is 0 Å². The summed E-state index contributed by atoms with van der Waals surface area (Å²) in [5.41, 5.74) is 4.80. The van der Waals surface area contributed by atoms with Gasteiger partial charge in [0.05, 0.1) is 11.3 Å². The van der Waals surface area contributed by atoms with Crippen LogP contribution in [0.5, 0.6) is 5.75 Å². The van der Waals surface area contributed by atoms with Gasteiger partial charge in [0.25, 0.3) is 0 Å². The molecule has 0 atom stereocenters. The van der Waals surface area contributed by atoms with Crippen LogP contribution in [-0.2, 0) is 4.74 Å². The van der Waals surface area contributed by atoms with Crippen molar-refractivity contribution in [3.8, 4) is 5.75 Å². The van der Waals surface area contributed by atoms with E-state index < -0.39 is 23.2 Å². The number of esters is 1. The van der Waals surface area contributed by atoms with Crippen molar-refractivity contribution in [1.82, 2.24) is 5.32 Å². The van der Waals surface area contributed by atoms with E-state index in [0.29, 0.717) is 0 Å². The second kappa shape index (κ2) is 6.66. The van der Waals surface area contributed by atoms with Gasteiger partial charge in [0, 0.05) is 16.6 Å². The van der Waals surface area contributed by atoms with Crippen LogP contribution in [0.2, 0.25) is 5.02 Å². The van der Waals surface area contributed by atoms with Crippen LogP contribution >= 0.6 is 11.6 Å². The Morgan fingerprint density at radius 1 is 1.13 bits per heavy atom. The average Bonchev–Trinajstić information content (AvgIpc) is 2.28. The maximum atomic E-state index is 12.2. The number of hydrogen-bond donors (Lipinski definition) is 2. The second-order valence-corrected chi connectivity index (χ2v) is 7.57. The van der Waals surface area contributed by atoms with Gasteiger partial charge in [-0.05, 0) is 47.6 Å². The maximum absolute atomic E-state index is 12.2. The summed E-state index contributed by atoms with van der Waals surface area (Å²) in [5.74, 6) is -0.640. The molecule has 0 aliphatic rings. The Morgan fingerprint density at radius 3 is 2.17 bits per heavy atom. The summed E-state index contributed by atoms with van der Waals surface area (Å²) in [4.78, 5) is 24.0. The molecule has 1 aromatic rings. The fraction of sp³-hybridized carbons (Fsp3) is 0.500. The summed E-state index contributed by atoms with van der Waals surface area (Å²) in [7, 11) is 0. The van der Waals surface area contributed by atoms with Crippen molar-refractivity contribution in [3.63, 3.8) is 0 Å². The van der Waals surface area contributed by atoms with Crippen molar-refractivity contribution < 1.29 is 19.1 Å². The highest BCUT2D eigenvalue weighted by atomic mass is 35.5. The number of halogens is 1. The van der Waals surface area contributed by atoms with E-state index in [2.05, 4.69) is 5.32 Å². The highest BCUT2D eigenvalue weighted by Gasteiger charge is 2.24. The molecule has 0 saturated heterocycles. The summed E-state index contributed by atoms with van der Waals surface area (Å²) in [6.45, 7) is 10.6. The van der Waals surface area contributed by atoms with Gasteiger partial charge in [0.15, 0.2) is 5.75 Å². The highest BCUT2D eigenvalue weighted by molar-refractivity contribution is 6.31. The molecule has 6 nitrogen and oxygen atoms in total. The number of nitrogens with one attached hydrogen (secondary N) is 1. The molecule has 0 aliphatic carbocycles. The summed E-state index contributed by atoms with van der Waals surface area (Å²) in [6.07, 6.45) is -0.693. The first-order valence-corrected chi connectivity index (χ1v) is 7.49. The minimum atomic E-state index is -0.693. The Balaban J connectivity index is 3.08. The molecule has 1 amide bonds. The molecule has 0 saturated carbocycles. The van der Waals surface area contributed by atoms with E-state index in [4.69, 9.17) is 26.8 Å². The molecule has 23 heavy (non-hydrogen) atoms. The van der Waals surface area contributed by atoms with Crippen molar-refractivity contribution >= 4 is 29.4 Å². The Kier molecular flexibility index (Phi) is 5.53. The largest absolute Gasteiger partial charge is 0.456 e. The smallest absolute Gasteiger partial charge is 0.413 e. The number of ether oxygens (including phenoxy) is 2. The summed E-state index contributed by atoms with van der Waals surface area (Å²) >= 11 is 5.98. The fourth-order valence-electron chi connectivity index (χ4n) is 1.61. The first-order valence-electron chi connectivity index (χ1n) is 7.11. The zero-order chi connectivity index (χ0) is 18.0. The highest BCUT2D eigenvalue weighted by Crippen LogP contribution is 2.31. The standard InChI is InChI=1S/C16H23ClN2O4/c1-15(2,3)19-14(21)22-11-8-9(17)7-10(12(11)18)13(20)23-16(4,5)6/h7-8H,18H2,1-6H3,(H,19,21). The topological polar surface area (TPSA) is 90.6 Å². The lowest BCUT2D eigenvalue weighted by molar-refractivity contribution is 0.00703. The molecule has 0 aliphatic heterocycles. The third kappa shape index (κ3) is 6.36. The van der Waals surface area contributed by atoms with Crippen LogP contribution in [-0.4, -0.2) is 23.2 Å². The SMILES string of the molecule is CC(C)(C)NC(=O)Oc1cc(Cl)cc(C(=O)OC(C)(C)C)c1N. The van der Waals surface area contributed by atoms with Gasteiger partial charge in [-0.2, -0.15) is 0 Å². The normalized spacial score (nSPS) is 11.8. The number of benzene rings is 1. The molecular weight excluding hydrogens is 320 g/mol. The van der Waals surface area contributed by atoms with Crippen LogP contribution in [0.3, 0.4) is 0 Å². The van der Waals surface area contributed by atoms with E-state index >= 15 is 0 Å². The van der Waals surface area contributed by atoms with Crippen molar-refractivity contribution in [2.24, 2.45) is 0 Å². The Labute approximate surface area is 141 Å². The molecule has 0 fully saturated rings. The maximum Gasteiger partial charge on any atom is 0.413 e. The number of carbonyl (C=O) groups excluding carboxylic acids is 2. The number of anilines is 1. The van der Waals surface area contributed by atoms with Gasteiger partial charge in [0.1, 0.15) is 5.60 Å². The predicted molar refractivity (Wildman–Crippen MR) is 89.9 cm³/mol. The van der Waals surface area contributed by atoms with Crippen LogP contribution in [0.1, 0.15) is 51.9 Å². The number of amides is 1. The molecule has 1 rings (SSSR count). The van der Waals surface area contributed by atoms with E-state index in [1.165, 1.54) is 12.1 Å². The number of hydrogen-bond acceptors (Lipinski definition) is 5. The molecular formula is C16H23ClN2O4. The first kappa shape index (κ1) is 19.1. The summed E-state index contributed by atoms with van der Waals surface area (Å²) in [5, 5.41) is 2.83. The molecule has 7 heteroatoms. The van der Waals surface area contributed by atoms with Crippen molar-refractivity contribution in [2.75, 3.05) is 5.73 Å². The zero-order valence-electron chi connectivity index (χ0n) is 14.2. The minimum Gasteiger partial charge on any atom is -0.456 e. The van der Waals surface area contributed by atoms with Crippen LogP contribution in [0.15, 0.2) is 12.1 Å². The lowest BCUT2D eigenvalue weighted by atomic mass is 10.1. The molecule has 0 bridgehead atoms. The number of carbonyl (C=O) groups is 2. The molecule has 1 aromatic carbocycles. The molecule has 0 radical (unpaired) electrons. The van der Waals surface area contributed by atoms with Gasteiger partial charge in [-0.1, -0.05) is 11.6 Å². The number of nitrogens with two attached hydrogens (primary N) is 1. The monoisotopic (exact) mass is 342 g/mol. The average molecular weight is 343 g/mol. The molecule has 128 valence electrons. The fourth-order valence-corrected chi connectivity index (χ4v) is 1.82. The van der Waals surface area contributed by atoms with E-state index in [-0.39, 0.29) is 22.0 Å². The van der Waals surface area contributed by atoms with Crippen molar-refractivity contribution in [2.45, 2.75) is 52.7 Å². The number of nitrogen functional groups attached to an aromatic ring is 1. The minimum absolute atomic E-state index is 0.000101. The van der Waals surface area contributed by atoms with Crippen LogP contribution < -0.4 is 15.8 Å². The van der Waals surface area contributed by atoms with E-state index in [1.54, 1.807) is 20.8 Å². The van der Waals surface area contributed by atoms with Crippen molar-refractivity contribution in [3.05, 3.63) is 22.7 Å². The lowest BCUT2D eigenvalue weighted by Gasteiger charge is -2.22. The molecule has 0 aromatic heterocycles. The summed E-state index contributed by atoms with van der Waals surface area (Å²) < 4.78 is 10.4. The van der Waals surface area contributed by atoms with Gasteiger partial charge < -0.3 is 20.5 Å². The zero-order valence-corrected chi connectivity index (χ0v) is 15.0. The predicted octanol–water partition coefficient (Wildman–Crippen LogP) is 3.76. The second-order valence-electron chi connectivity index (χ2n) is 7.13. The van der Waals surface area contributed by atoms with Gasteiger partial charge in [-0.25, -0.2) is 9.59 Å². The van der Waals surface area contributed by atoms with E-state index in [1.807, 2.05) is 20.8 Å². The quantitative estimate of drug-likeness (QED) is 0.630. The third-order valence-electron chi connectivity index (χ3n) is 2.41. The van der Waals surface area contributed by atoms with Gasteiger partial charge in [-0.15, -0.1) is 0 Å². The Hall–Kier alpha value is -1.95. The Morgan fingerprint density at radius 2 is 1.70 bits per heavy atom. The number of rotatable bonds is 2. The van der Waals surface area contributed by atoms with Crippen molar-refractivity contribution in [1.29, 1.82) is 0 Å². The molecule has 0 unspecified atom stereocenters. The molecule has 0 spiro atoms. The first-order chi connectivity index (χ1) is 10.3. The van der Waals surface area contributed by atoms with Crippen LogP contribution in [0.4, 0.5) is 10.5 Å².